The molecule has 130 valence electrons. The third kappa shape index (κ3) is 3.85. The van der Waals surface area contributed by atoms with Crippen molar-refractivity contribution in [3.63, 3.8) is 0 Å². The van der Waals surface area contributed by atoms with Gasteiger partial charge in [-0.1, -0.05) is 12.1 Å². The molecule has 1 atom stereocenters. The van der Waals surface area contributed by atoms with E-state index in [1.54, 1.807) is 30.1 Å². The van der Waals surface area contributed by atoms with Crippen molar-refractivity contribution >= 4 is 23.2 Å². The minimum absolute atomic E-state index is 0.0718. The van der Waals surface area contributed by atoms with E-state index in [-0.39, 0.29) is 18.2 Å². The zero-order valence-electron chi connectivity index (χ0n) is 13.8. The monoisotopic (exact) mass is 342 g/mol. The maximum Gasteiger partial charge on any atom is 0.227 e. The van der Waals surface area contributed by atoms with Crippen LogP contribution in [0.1, 0.15) is 30.1 Å². The average Bonchev–Trinajstić information content (AvgIpc) is 2.58. The van der Waals surface area contributed by atoms with Crippen LogP contribution in [-0.2, 0) is 16.0 Å². The van der Waals surface area contributed by atoms with Crippen molar-refractivity contribution in [3.05, 3.63) is 59.4 Å². The number of aliphatic hydroxyl groups is 1. The molecule has 1 unspecified atom stereocenters. The van der Waals surface area contributed by atoms with Gasteiger partial charge in [-0.2, -0.15) is 0 Å². The van der Waals surface area contributed by atoms with Gasteiger partial charge in [-0.05, 0) is 47.9 Å². The van der Waals surface area contributed by atoms with E-state index in [4.69, 9.17) is 0 Å². The van der Waals surface area contributed by atoms with Crippen LogP contribution in [0.2, 0.25) is 0 Å². The summed E-state index contributed by atoms with van der Waals surface area (Å²) in [6.45, 7) is 0. The van der Waals surface area contributed by atoms with Gasteiger partial charge in [-0.25, -0.2) is 4.39 Å². The van der Waals surface area contributed by atoms with Crippen LogP contribution >= 0.6 is 0 Å². The minimum atomic E-state index is -1.07. The van der Waals surface area contributed by atoms with Gasteiger partial charge in [-0.15, -0.1) is 0 Å². The third-order valence-electron chi connectivity index (χ3n) is 4.32. The lowest BCUT2D eigenvalue weighted by Gasteiger charge is -2.26. The number of hydrogen-bond donors (Lipinski definition) is 2. The summed E-state index contributed by atoms with van der Waals surface area (Å²) in [4.78, 5) is 25.4. The molecule has 1 aliphatic heterocycles. The van der Waals surface area contributed by atoms with E-state index in [1.165, 1.54) is 18.2 Å². The zero-order chi connectivity index (χ0) is 18.0. The number of nitrogens with zero attached hydrogens (tertiary/aromatic N) is 1. The van der Waals surface area contributed by atoms with Crippen LogP contribution in [0.5, 0.6) is 0 Å². The molecule has 0 aromatic heterocycles. The fraction of sp³-hybridized carbons (Fsp3) is 0.263. The van der Waals surface area contributed by atoms with Gasteiger partial charge in [0.2, 0.25) is 11.8 Å². The van der Waals surface area contributed by atoms with Gasteiger partial charge in [-0.3, -0.25) is 9.59 Å². The predicted octanol–water partition coefficient (Wildman–Crippen LogP) is 2.80. The number of rotatable bonds is 4. The summed E-state index contributed by atoms with van der Waals surface area (Å²) in [6.07, 6.45) is -0.163. The fourth-order valence-electron chi connectivity index (χ4n) is 2.95. The molecule has 6 heteroatoms. The van der Waals surface area contributed by atoms with E-state index in [2.05, 4.69) is 5.32 Å². The largest absolute Gasteiger partial charge is 0.388 e. The Morgan fingerprint density at radius 3 is 2.84 bits per heavy atom. The first kappa shape index (κ1) is 17.1. The average molecular weight is 342 g/mol. The highest BCUT2D eigenvalue weighted by molar-refractivity contribution is 5.97. The molecule has 25 heavy (non-hydrogen) atoms. The Balaban J connectivity index is 1.66. The van der Waals surface area contributed by atoms with E-state index < -0.39 is 11.9 Å². The Bertz CT molecular complexity index is 822. The molecular formula is C19H19FN2O3. The molecule has 0 fully saturated rings. The first-order valence-electron chi connectivity index (χ1n) is 8.07. The number of nitrogens with one attached hydrogen (secondary N) is 1. The Labute approximate surface area is 145 Å². The molecule has 0 spiro atoms. The van der Waals surface area contributed by atoms with Gasteiger partial charge < -0.3 is 15.3 Å². The predicted molar refractivity (Wildman–Crippen MR) is 92.8 cm³/mol. The van der Waals surface area contributed by atoms with Crippen molar-refractivity contribution < 1.29 is 19.1 Å². The number of halogens is 1. The van der Waals surface area contributed by atoms with Crippen molar-refractivity contribution in [1.82, 2.24) is 0 Å². The summed E-state index contributed by atoms with van der Waals surface area (Å²) >= 11 is 0. The molecule has 2 aromatic carbocycles. The second-order valence-corrected chi connectivity index (χ2v) is 6.12. The van der Waals surface area contributed by atoms with Crippen LogP contribution in [0.15, 0.2) is 42.5 Å². The van der Waals surface area contributed by atoms with E-state index in [1.807, 2.05) is 6.07 Å². The topological polar surface area (TPSA) is 69.6 Å². The number of hydrogen-bond acceptors (Lipinski definition) is 3. The molecule has 0 saturated carbocycles. The van der Waals surface area contributed by atoms with Crippen molar-refractivity contribution in [1.29, 1.82) is 0 Å². The molecule has 2 amide bonds. The number of anilines is 2. The SMILES string of the molecule is CN1C(=O)CCc2cc(NC(=O)CC(O)c3cccc(F)c3)ccc21. The Hall–Kier alpha value is -2.73. The number of amides is 2. The molecule has 2 aromatic rings. The smallest absolute Gasteiger partial charge is 0.227 e. The second-order valence-electron chi connectivity index (χ2n) is 6.12. The van der Waals surface area contributed by atoms with Crippen LogP contribution in [0, 0.1) is 5.82 Å². The van der Waals surface area contributed by atoms with Gasteiger partial charge in [0.1, 0.15) is 5.82 Å². The number of carbonyl (C=O) groups excluding carboxylic acids is 2. The molecule has 2 N–H and O–H groups in total. The first-order chi connectivity index (χ1) is 11.9. The number of carbonyl (C=O) groups is 2. The van der Waals surface area contributed by atoms with Crippen molar-refractivity contribution in [2.24, 2.45) is 0 Å². The zero-order valence-corrected chi connectivity index (χ0v) is 13.8. The standard InChI is InChI=1S/C19H19FN2O3/c1-22-16-7-6-15(10-12(16)5-8-19(22)25)21-18(24)11-17(23)13-3-2-4-14(20)9-13/h2-4,6-7,9-10,17,23H,5,8,11H2,1H3,(H,21,24). The maximum absolute atomic E-state index is 13.2. The van der Waals surface area contributed by atoms with Crippen molar-refractivity contribution in [3.8, 4) is 0 Å². The molecule has 0 aliphatic carbocycles. The minimum Gasteiger partial charge on any atom is -0.388 e. The molecular weight excluding hydrogens is 323 g/mol. The molecule has 0 radical (unpaired) electrons. The third-order valence-corrected chi connectivity index (χ3v) is 4.32. The lowest BCUT2D eigenvalue weighted by atomic mass is 10.0. The molecule has 1 aliphatic rings. The Kier molecular flexibility index (Phi) is 4.81. The summed E-state index contributed by atoms with van der Waals surface area (Å²) in [5, 5.41) is 12.8. The molecule has 1 heterocycles. The van der Waals surface area contributed by atoms with E-state index in [0.29, 0.717) is 24.1 Å². The van der Waals surface area contributed by atoms with Crippen molar-refractivity contribution in [2.75, 3.05) is 17.3 Å². The number of aryl methyl sites for hydroxylation is 1. The summed E-state index contributed by atoms with van der Waals surface area (Å²) < 4.78 is 13.2. The van der Waals surface area contributed by atoms with E-state index in [0.717, 1.165) is 11.3 Å². The number of aliphatic hydroxyl groups excluding tert-OH is 1. The van der Waals surface area contributed by atoms with Crippen LogP contribution in [0.3, 0.4) is 0 Å². The highest BCUT2D eigenvalue weighted by atomic mass is 19.1. The lowest BCUT2D eigenvalue weighted by Crippen LogP contribution is -2.31. The Morgan fingerprint density at radius 2 is 2.08 bits per heavy atom. The molecule has 0 saturated heterocycles. The van der Waals surface area contributed by atoms with Crippen LogP contribution in [0.4, 0.5) is 15.8 Å². The number of fused-ring (bicyclic) bond motifs is 1. The number of benzene rings is 2. The summed E-state index contributed by atoms with van der Waals surface area (Å²) in [6, 6.07) is 10.9. The normalized spacial score (nSPS) is 14.8. The quantitative estimate of drug-likeness (QED) is 0.898. The van der Waals surface area contributed by atoms with Crippen LogP contribution in [0.25, 0.3) is 0 Å². The summed E-state index contributed by atoms with van der Waals surface area (Å²) in [7, 11) is 1.73. The highest BCUT2D eigenvalue weighted by Crippen LogP contribution is 2.29. The van der Waals surface area contributed by atoms with E-state index >= 15 is 0 Å². The molecule has 5 nitrogen and oxygen atoms in total. The molecule has 0 bridgehead atoms. The van der Waals surface area contributed by atoms with Gasteiger partial charge in [0.05, 0.1) is 12.5 Å². The lowest BCUT2D eigenvalue weighted by molar-refractivity contribution is -0.119. The Morgan fingerprint density at radius 1 is 1.28 bits per heavy atom. The van der Waals surface area contributed by atoms with Crippen molar-refractivity contribution in [2.45, 2.75) is 25.4 Å². The van der Waals surface area contributed by atoms with Gasteiger partial charge in [0, 0.05) is 24.8 Å². The van der Waals surface area contributed by atoms with Crippen LogP contribution in [-0.4, -0.2) is 24.0 Å². The van der Waals surface area contributed by atoms with Crippen LogP contribution < -0.4 is 10.2 Å². The highest BCUT2D eigenvalue weighted by Gasteiger charge is 2.21. The summed E-state index contributed by atoms with van der Waals surface area (Å²) in [5.74, 6) is -0.746. The molecule has 3 rings (SSSR count). The van der Waals surface area contributed by atoms with Gasteiger partial charge >= 0.3 is 0 Å². The van der Waals surface area contributed by atoms with Gasteiger partial charge in [0.25, 0.3) is 0 Å². The van der Waals surface area contributed by atoms with E-state index in [9.17, 15) is 19.1 Å². The summed E-state index contributed by atoms with van der Waals surface area (Å²) in [5.41, 5.74) is 2.80. The second kappa shape index (κ2) is 7.03. The maximum atomic E-state index is 13.2. The first-order valence-corrected chi connectivity index (χ1v) is 8.07. The van der Waals surface area contributed by atoms with Gasteiger partial charge in [0.15, 0.2) is 0 Å². The fourth-order valence-corrected chi connectivity index (χ4v) is 2.95.